The molecule has 0 radical (unpaired) electrons. The molecule has 0 amide bonds. The number of hydrogen-bond donors (Lipinski definition) is 0. The molecular formula is C21H34O3. The summed E-state index contributed by atoms with van der Waals surface area (Å²) >= 11 is 0. The van der Waals surface area contributed by atoms with Crippen molar-refractivity contribution >= 4 is 6.16 Å². The Morgan fingerprint density at radius 3 is 2.00 bits per heavy atom. The summed E-state index contributed by atoms with van der Waals surface area (Å²) in [7, 11) is 0. The van der Waals surface area contributed by atoms with Gasteiger partial charge in [0.1, 0.15) is 11.4 Å². The molecule has 0 bridgehead atoms. The topological polar surface area (TPSA) is 35.5 Å². The van der Waals surface area contributed by atoms with E-state index < -0.39 is 11.8 Å². The third-order valence-corrected chi connectivity index (χ3v) is 4.43. The van der Waals surface area contributed by atoms with Crippen molar-refractivity contribution in [2.75, 3.05) is 0 Å². The molecule has 0 aliphatic rings. The Kier molecular flexibility index (Phi) is 6.88. The maximum atomic E-state index is 11.7. The molecule has 0 spiro atoms. The molecule has 3 nitrogen and oxygen atoms in total. The van der Waals surface area contributed by atoms with E-state index in [0.717, 1.165) is 12.8 Å². The summed E-state index contributed by atoms with van der Waals surface area (Å²) in [6.07, 6.45) is 1.64. The predicted molar refractivity (Wildman–Crippen MR) is 99.6 cm³/mol. The Balaban J connectivity index is 2.82. The minimum atomic E-state index is -0.664. The fourth-order valence-corrected chi connectivity index (χ4v) is 2.63. The van der Waals surface area contributed by atoms with Gasteiger partial charge in [0.2, 0.25) is 0 Å². The second kappa shape index (κ2) is 8.04. The second-order valence-corrected chi connectivity index (χ2v) is 8.71. The molecule has 0 fully saturated rings. The van der Waals surface area contributed by atoms with Crippen LogP contribution in [0, 0.1) is 11.3 Å². The van der Waals surface area contributed by atoms with Gasteiger partial charge in [0.15, 0.2) is 0 Å². The van der Waals surface area contributed by atoms with Crippen molar-refractivity contribution in [3.63, 3.8) is 0 Å². The highest BCUT2D eigenvalue weighted by atomic mass is 16.7. The van der Waals surface area contributed by atoms with E-state index in [1.807, 2.05) is 32.9 Å². The fraction of sp³-hybridized carbons (Fsp3) is 0.667. The monoisotopic (exact) mass is 334 g/mol. The summed E-state index contributed by atoms with van der Waals surface area (Å²) in [5, 5.41) is 0. The smallest absolute Gasteiger partial charge is 0.428 e. The standard InChI is InChI=1S/C21H34O3/c1-9-21(7,8)14-18(15(2)3)16-10-12-17(13-11-16)23-19(22)24-20(4,5)6/h10-13,15,18H,9,14H2,1-8H3. The van der Waals surface area contributed by atoms with Crippen LogP contribution in [-0.2, 0) is 4.74 Å². The normalized spacial score (nSPS) is 13.7. The van der Waals surface area contributed by atoms with Gasteiger partial charge in [0.25, 0.3) is 0 Å². The van der Waals surface area contributed by atoms with Gasteiger partial charge in [-0.15, -0.1) is 0 Å². The lowest BCUT2D eigenvalue weighted by molar-refractivity contribution is 0.0206. The van der Waals surface area contributed by atoms with Gasteiger partial charge in [-0.3, -0.25) is 0 Å². The molecule has 1 rings (SSSR count). The van der Waals surface area contributed by atoms with Crippen LogP contribution in [0.3, 0.4) is 0 Å². The number of benzene rings is 1. The Morgan fingerprint density at radius 2 is 1.58 bits per heavy atom. The molecule has 1 aromatic carbocycles. The number of rotatable bonds is 6. The SMILES string of the molecule is CCC(C)(C)CC(c1ccc(OC(=O)OC(C)(C)C)cc1)C(C)C. The molecule has 0 saturated heterocycles. The molecule has 1 atom stereocenters. The minimum Gasteiger partial charge on any atom is -0.428 e. The molecule has 24 heavy (non-hydrogen) atoms. The first-order valence-electron chi connectivity index (χ1n) is 8.94. The molecule has 1 unspecified atom stereocenters. The largest absolute Gasteiger partial charge is 0.514 e. The molecule has 0 heterocycles. The average molecular weight is 334 g/mol. The van der Waals surface area contributed by atoms with Gasteiger partial charge in [0, 0.05) is 0 Å². The van der Waals surface area contributed by atoms with E-state index in [1.165, 1.54) is 5.56 Å². The molecule has 0 aromatic heterocycles. The van der Waals surface area contributed by atoms with Crippen LogP contribution in [0.5, 0.6) is 5.75 Å². The fourth-order valence-electron chi connectivity index (χ4n) is 2.63. The third-order valence-electron chi connectivity index (χ3n) is 4.43. The average Bonchev–Trinajstić information content (AvgIpc) is 2.43. The first kappa shape index (κ1) is 20.5. The second-order valence-electron chi connectivity index (χ2n) is 8.71. The van der Waals surface area contributed by atoms with Gasteiger partial charge < -0.3 is 9.47 Å². The van der Waals surface area contributed by atoms with Crippen LogP contribution in [0.2, 0.25) is 0 Å². The third kappa shape index (κ3) is 6.94. The van der Waals surface area contributed by atoms with Gasteiger partial charge in [-0.1, -0.05) is 53.2 Å². The number of hydrogen-bond acceptors (Lipinski definition) is 3. The van der Waals surface area contributed by atoms with E-state index in [1.54, 1.807) is 0 Å². The summed E-state index contributed by atoms with van der Waals surface area (Å²) < 4.78 is 10.4. The molecule has 3 heteroatoms. The highest BCUT2D eigenvalue weighted by Crippen LogP contribution is 2.38. The lowest BCUT2D eigenvalue weighted by Gasteiger charge is -2.31. The zero-order chi connectivity index (χ0) is 18.5. The Morgan fingerprint density at radius 1 is 1.04 bits per heavy atom. The number of carbonyl (C=O) groups is 1. The molecule has 0 aliphatic heterocycles. The van der Waals surface area contributed by atoms with Gasteiger partial charge >= 0.3 is 6.16 Å². The van der Waals surface area contributed by atoms with Gasteiger partial charge in [-0.2, -0.15) is 0 Å². The van der Waals surface area contributed by atoms with Crippen molar-refractivity contribution in [3.8, 4) is 5.75 Å². The maximum Gasteiger partial charge on any atom is 0.514 e. The van der Waals surface area contributed by atoms with Crippen LogP contribution < -0.4 is 4.74 Å². The lowest BCUT2D eigenvalue weighted by Crippen LogP contribution is -2.26. The minimum absolute atomic E-state index is 0.320. The zero-order valence-corrected chi connectivity index (χ0v) is 16.6. The summed E-state index contributed by atoms with van der Waals surface area (Å²) in [5.41, 5.74) is 1.06. The van der Waals surface area contributed by atoms with Gasteiger partial charge in [0.05, 0.1) is 0 Å². The first-order chi connectivity index (χ1) is 10.9. The molecular weight excluding hydrogens is 300 g/mol. The highest BCUT2D eigenvalue weighted by Gasteiger charge is 2.25. The van der Waals surface area contributed by atoms with Crippen LogP contribution in [-0.4, -0.2) is 11.8 Å². The summed E-state index contributed by atoms with van der Waals surface area (Å²) in [6.45, 7) is 16.9. The molecule has 1 aromatic rings. The number of carbonyl (C=O) groups excluding carboxylic acids is 1. The maximum absolute atomic E-state index is 11.7. The Hall–Kier alpha value is -1.51. The van der Waals surface area contributed by atoms with Gasteiger partial charge in [-0.05, 0) is 62.1 Å². The van der Waals surface area contributed by atoms with Crippen molar-refractivity contribution in [1.29, 1.82) is 0 Å². The number of ether oxygens (including phenoxy) is 2. The van der Waals surface area contributed by atoms with E-state index in [4.69, 9.17) is 9.47 Å². The van der Waals surface area contributed by atoms with Crippen molar-refractivity contribution in [2.24, 2.45) is 11.3 Å². The van der Waals surface area contributed by atoms with E-state index in [9.17, 15) is 4.79 Å². The lowest BCUT2D eigenvalue weighted by atomic mass is 9.74. The van der Waals surface area contributed by atoms with Crippen LogP contribution in [0.1, 0.15) is 79.7 Å². The van der Waals surface area contributed by atoms with E-state index >= 15 is 0 Å². The molecule has 0 aliphatic carbocycles. The zero-order valence-electron chi connectivity index (χ0n) is 16.6. The van der Waals surface area contributed by atoms with Crippen molar-refractivity contribution in [1.82, 2.24) is 0 Å². The Labute approximate surface area is 147 Å². The predicted octanol–water partition coefficient (Wildman–Crippen LogP) is 6.57. The van der Waals surface area contributed by atoms with Crippen LogP contribution in [0.15, 0.2) is 24.3 Å². The van der Waals surface area contributed by atoms with E-state index in [0.29, 0.717) is 23.0 Å². The molecule has 0 N–H and O–H groups in total. The van der Waals surface area contributed by atoms with Crippen molar-refractivity contribution in [3.05, 3.63) is 29.8 Å². The van der Waals surface area contributed by atoms with Crippen LogP contribution >= 0.6 is 0 Å². The quantitative estimate of drug-likeness (QED) is 0.436. The summed E-state index contributed by atoms with van der Waals surface area (Å²) in [6, 6.07) is 7.84. The van der Waals surface area contributed by atoms with E-state index in [-0.39, 0.29) is 0 Å². The van der Waals surface area contributed by atoms with Crippen LogP contribution in [0.25, 0.3) is 0 Å². The van der Waals surface area contributed by atoms with Crippen molar-refractivity contribution in [2.45, 2.75) is 79.8 Å². The Bertz CT molecular complexity index is 521. The van der Waals surface area contributed by atoms with Crippen LogP contribution in [0.4, 0.5) is 4.79 Å². The molecule has 0 saturated carbocycles. The van der Waals surface area contributed by atoms with Crippen molar-refractivity contribution < 1.29 is 14.3 Å². The summed E-state index contributed by atoms with van der Waals surface area (Å²) in [4.78, 5) is 11.7. The van der Waals surface area contributed by atoms with E-state index in [2.05, 4.69) is 46.8 Å². The first-order valence-corrected chi connectivity index (χ1v) is 8.94. The van der Waals surface area contributed by atoms with Gasteiger partial charge in [-0.25, -0.2) is 4.79 Å². The highest BCUT2D eigenvalue weighted by molar-refractivity contribution is 5.64. The molecule has 136 valence electrons. The summed E-state index contributed by atoms with van der Waals surface area (Å²) in [5.74, 6) is 1.58.